The number of rotatable bonds is 11. The van der Waals surface area contributed by atoms with Crippen molar-refractivity contribution in [3.8, 4) is 5.75 Å². The Morgan fingerprint density at radius 1 is 1.21 bits per heavy atom. The van der Waals surface area contributed by atoms with Crippen LogP contribution in [0.1, 0.15) is 21.8 Å². The van der Waals surface area contributed by atoms with Crippen molar-refractivity contribution in [3.05, 3.63) is 94.2 Å². The molecule has 0 radical (unpaired) electrons. The van der Waals surface area contributed by atoms with Gasteiger partial charge in [0.1, 0.15) is 12.4 Å². The Bertz CT molecular complexity index is 1410. The molecule has 0 aliphatic carbocycles. The second kappa shape index (κ2) is 12.5. The molecule has 0 aliphatic heterocycles. The molecule has 0 unspecified atom stereocenters. The molecule has 4 aromatic rings. The molecule has 0 fully saturated rings. The van der Waals surface area contributed by atoms with E-state index in [1.807, 2.05) is 0 Å². The number of anilines is 1. The Balaban J connectivity index is 1.32. The standard InChI is InChI=1S/C25H21ClF3N5O2S2/c1-2-10-34-21(14-36-19-8-6-18(26)7-9-19)32-33-24(34)37-15-22(35)31-23-30-13-20(38-23)12-16-4-3-5-17(11-16)25(27,28)29/h2-9,11,13H,1,10,12,14-15H2,(H,30,31,35). The maximum absolute atomic E-state index is 13.0. The fraction of sp³-hybridized carbons (Fsp3) is 0.200. The van der Waals surface area contributed by atoms with Crippen LogP contribution in [0.2, 0.25) is 5.02 Å². The fourth-order valence-corrected chi connectivity index (χ4v) is 5.07. The number of allylic oxidation sites excluding steroid dienone is 1. The Labute approximate surface area is 229 Å². The summed E-state index contributed by atoms with van der Waals surface area (Å²) in [6.07, 6.45) is -0.888. The van der Waals surface area contributed by atoms with Gasteiger partial charge in [0.15, 0.2) is 16.1 Å². The van der Waals surface area contributed by atoms with Gasteiger partial charge >= 0.3 is 6.18 Å². The van der Waals surface area contributed by atoms with Crippen LogP contribution >= 0.6 is 34.7 Å². The highest BCUT2D eigenvalue weighted by atomic mass is 35.5. The second-order valence-electron chi connectivity index (χ2n) is 7.88. The van der Waals surface area contributed by atoms with E-state index in [2.05, 4.69) is 27.1 Å². The van der Waals surface area contributed by atoms with Gasteiger partial charge in [0.2, 0.25) is 5.91 Å². The Hall–Kier alpha value is -3.35. The van der Waals surface area contributed by atoms with Crippen LogP contribution in [0.3, 0.4) is 0 Å². The van der Waals surface area contributed by atoms with Gasteiger partial charge < -0.3 is 10.1 Å². The third-order valence-corrected chi connectivity index (χ3v) is 7.18. The number of carbonyl (C=O) groups is 1. The highest BCUT2D eigenvalue weighted by molar-refractivity contribution is 7.99. The number of thiazole rings is 1. The van der Waals surface area contributed by atoms with Crippen LogP contribution < -0.4 is 10.1 Å². The van der Waals surface area contributed by atoms with Crippen LogP contribution in [-0.4, -0.2) is 31.4 Å². The molecular weight excluding hydrogens is 559 g/mol. The van der Waals surface area contributed by atoms with Crippen molar-refractivity contribution < 1.29 is 22.7 Å². The quantitative estimate of drug-likeness (QED) is 0.161. The summed E-state index contributed by atoms with van der Waals surface area (Å²) in [4.78, 5) is 17.4. The molecule has 0 aliphatic rings. The van der Waals surface area contributed by atoms with Gasteiger partial charge in [-0.25, -0.2) is 4.98 Å². The highest BCUT2D eigenvalue weighted by Crippen LogP contribution is 2.31. The molecule has 13 heteroatoms. The van der Waals surface area contributed by atoms with Crippen molar-refractivity contribution in [3.63, 3.8) is 0 Å². The monoisotopic (exact) mass is 579 g/mol. The first kappa shape index (κ1) is 27.7. The smallest absolute Gasteiger partial charge is 0.416 e. The first-order valence-electron chi connectivity index (χ1n) is 11.2. The van der Waals surface area contributed by atoms with E-state index in [0.717, 1.165) is 17.0 Å². The van der Waals surface area contributed by atoms with Gasteiger partial charge in [0, 0.05) is 29.1 Å². The molecule has 198 valence electrons. The van der Waals surface area contributed by atoms with E-state index < -0.39 is 11.7 Å². The first-order valence-corrected chi connectivity index (χ1v) is 13.3. The number of thioether (sulfide) groups is 1. The van der Waals surface area contributed by atoms with E-state index in [1.165, 1.54) is 29.2 Å². The zero-order valence-corrected chi connectivity index (χ0v) is 22.1. The van der Waals surface area contributed by atoms with E-state index in [9.17, 15) is 18.0 Å². The number of hydrogen-bond donors (Lipinski definition) is 1. The third-order valence-electron chi connectivity index (χ3n) is 5.05. The molecule has 2 heterocycles. The van der Waals surface area contributed by atoms with E-state index in [-0.39, 0.29) is 24.7 Å². The SMILES string of the molecule is C=CCn1c(COc2ccc(Cl)cc2)nnc1SCC(=O)Nc1ncc(Cc2cccc(C(F)(F)F)c2)s1. The number of nitrogens with one attached hydrogen (secondary N) is 1. The van der Waals surface area contributed by atoms with Crippen molar-refractivity contribution >= 4 is 45.7 Å². The minimum atomic E-state index is -4.40. The van der Waals surface area contributed by atoms with E-state index in [1.54, 1.807) is 47.2 Å². The third kappa shape index (κ3) is 7.59. The molecule has 1 amide bonds. The van der Waals surface area contributed by atoms with Crippen molar-refractivity contribution in [2.45, 2.75) is 30.9 Å². The Kier molecular flexibility index (Phi) is 9.08. The van der Waals surface area contributed by atoms with Crippen LogP contribution in [0.15, 0.2) is 72.5 Å². The van der Waals surface area contributed by atoms with Crippen molar-refractivity contribution in [1.82, 2.24) is 19.7 Å². The summed E-state index contributed by atoms with van der Waals surface area (Å²) < 4.78 is 46.4. The molecule has 7 nitrogen and oxygen atoms in total. The van der Waals surface area contributed by atoms with Gasteiger partial charge in [0.05, 0.1) is 11.3 Å². The average molecular weight is 580 g/mol. The lowest BCUT2D eigenvalue weighted by atomic mass is 10.1. The van der Waals surface area contributed by atoms with E-state index in [0.29, 0.717) is 39.0 Å². The van der Waals surface area contributed by atoms with Crippen molar-refractivity contribution in [2.24, 2.45) is 0 Å². The lowest BCUT2D eigenvalue weighted by Gasteiger charge is -2.09. The van der Waals surface area contributed by atoms with Crippen LogP contribution in [0.4, 0.5) is 18.3 Å². The lowest BCUT2D eigenvalue weighted by Crippen LogP contribution is -2.14. The lowest BCUT2D eigenvalue weighted by molar-refractivity contribution is -0.137. The van der Waals surface area contributed by atoms with E-state index >= 15 is 0 Å². The number of halogens is 4. The molecular formula is C25H21ClF3N5O2S2. The Morgan fingerprint density at radius 2 is 2.00 bits per heavy atom. The minimum Gasteiger partial charge on any atom is -0.486 e. The topological polar surface area (TPSA) is 81.9 Å². The Morgan fingerprint density at radius 3 is 2.74 bits per heavy atom. The average Bonchev–Trinajstić information content (AvgIpc) is 3.48. The van der Waals surface area contributed by atoms with Gasteiger partial charge in [0.25, 0.3) is 0 Å². The van der Waals surface area contributed by atoms with Gasteiger partial charge in [-0.05, 0) is 35.9 Å². The zero-order chi connectivity index (χ0) is 27.1. The predicted octanol–water partition coefficient (Wildman–Crippen LogP) is 6.49. The molecule has 4 rings (SSSR count). The molecule has 0 bridgehead atoms. The molecule has 2 aromatic carbocycles. The number of carbonyl (C=O) groups excluding carboxylic acids is 1. The summed E-state index contributed by atoms with van der Waals surface area (Å²) in [6.45, 7) is 4.36. The normalized spacial score (nSPS) is 11.4. The summed E-state index contributed by atoms with van der Waals surface area (Å²) in [5, 5.41) is 12.6. The second-order valence-corrected chi connectivity index (χ2v) is 10.4. The van der Waals surface area contributed by atoms with Crippen LogP contribution in [-0.2, 0) is 30.5 Å². The summed E-state index contributed by atoms with van der Waals surface area (Å²) >= 11 is 8.30. The maximum atomic E-state index is 13.0. The molecule has 2 aromatic heterocycles. The number of benzene rings is 2. The van der Waals surface area contributed by atoms with Crippen LogP contribution in [0, 0.1) is 0 Å². The number of hydrogen-bond acceptors (Lipinski definition) is 7. The number of alkyl halides is 3. The van der Waals surface area contributed by atoms with E-state index in [4.69, 9.17) is 16.3 Å². The van der Waals surface area contributed by atoms with Crippen molar-refractivity contribution in [2.75, 3.05) is 11.1 Å². The summed E-state index contributed by atoms with van der Waals surface area (Å²) in [6, 6.07) is 12.1. The first-order chi connectivity index (χ1) is 18.2. The summed E-state index contributed by atoms with van der Waals surface area (Å²) in [7, 11) is 0. The number of amides is 1. The van der Waals surface area contributed by atoms with Crippen molar-refractivity contribution in [1.29, 1.82) is 0 Å². The van der Waals surface area contributed by atoms with Gasteiger partial charge in [-0.3, -0.25) is 9.36 Å². The molecule has 0 saturated heterocycles. The molecule has 1 N–H and O–H groups in total. The fourth-order valence-electron chi connectivity index (χ4n) is 3.31. The number of ether oxygens (including phenoxy) is 1. The predicted molar refractivity (Wildman–Crippen MR) is 142 cm³/mol. The van der Waals surface area contributed by atoms with Gasteiger partial charge in [-0.15, -0.1) is 28.1 Å². The van der Waals surface area contributed by atoms with Gasteiger partial charge in [-0.1, -0.05) is 47.6 Å². The summed E-state index contributed by atoms with van der Waals surface area (Å²) in [5.41, 5.74) is -0.191. The van der Waals surface area contributed by atoms with Crippen LogP contribution in [0.25, 0.3) is 0 Å². The maximum Gasteiger partial charge on any atom is 0.416 e. The molecule has 0 saturated carbocycles. The zero-order valence-electron chi connectivity index (χ0n) is 19.7. The molecule has 38 heavy (non-hydrogen) atoms. The van der Waals surface area contributed by atoms with Crippen LogP contribution in [0.5, 0.6) is 5.75 Å². The minimum absolute atomic E-state index is 0.0514. The largest absolute Gasteiger partial charge is 0.486 e. The van der Waals surface area contributed by atoms with Gasteiger partial charge in [-0.2, -0.15) is 13.2 Å². The molecule has 0 atom stereocenters. The number of nitrogens with zero attached hydrogens (tertiary/aromatic N) is 4. The molecule has 0 spiro atoms. The number of aromatic nitrogens is 4. The highest BCUT2D eigenvalue weighted by Gasteiger charge is 2.30. The summed E-state index contributed by atoms with van der Waals surface area (Å²) in [5.74, 6) is 0.951.